The zero-order valence-corrected chi connectivity index (χ0v) is 19.1. The molecule has 0 saturated heterocycles. The van der Waals surface area contributed by atoms with Crippen LogP contribution in [0.2, 0.25) is 0 Å². The Morgan fingerprint density at radius 2 is 1.84 bits per heavy atom. The average molecular weight is 457 g/mol. The average Bonchev–Trinajstić information content (AvgIpc) is 3.10. The molecule has 0 saturated carbocycles. The lowest BCUT2D eigenvalue weighted by atomic mass is 10.0. The van der Waals surface area contributed by atoms with Crippen LogP contribution >= 0.6 is 11.8 Å². The second-order valence-electron chi connectivity index (χ2n) is 7.60. The molecule has 7 nitrogen and oxygen atoms in total. The number of para-hydroxylation sites is 1. The van der Waals surface area contributed by atoms with Crippen LogP contribution in [0.3, 0.4) is 0 Å². The van der Waals surface area contributed by atoms with E-state index in [1.54, 1.807) is 35.9 Å². The van der Waals surface area contributed by atoms with Gasteiger partial charge in [-0.1, -0.05) is 47.7 Å². The minimum absolute atomic E-state index is 0.00831. The first-order chi connectivity index (χ1) is 14.8. The molecule has 0 fully saturated rings. The normalized spacial score (nSPS) is 13.8. The minimum atomic E-state index is -3.53. The first-order valence-corrected chi connectivity index (χ1v) is 12.7. The first kappa shape index (κ1) is 21.6. The third kappa shape index (κ3) is 4.67. The molecule has 2 heterocycles. The maximum atomic E-state index is 12.8. The van der Waals surface area contributed by atoms with Gasteiger partial charge in [0.2, 0.25) is 5.91 Å². The highest BCUT2D eigenvalue weighted by Gasteiger charge is 2.24. The molecular weight excluding hydrogens is 432 g/mol. The molecule has 0 spiro atoms. The first-order valence-electron chi connectivity index (χ1n) is 10.0. The molecule has 9 heteroatoms. The number of benzene rings is 2. The van der Waals surface area contributed by atoms with Gasteiger partial charge in [0, 0.05) is 19.3 Å². The van der Waals surface area contributed by atoms with Gasteiger partial charge in [-0.3, -0.25) is 4.79 Å². The number of amides is 1. The smallest absolute Gasteiger partial charge is 0.237 e. The number of hydrogen-bond acceptors (Lipinski definition) is 6. The van der Waals surface area contributed by atoms with Gasteiger partial charge in [0.05, 0.1) is 10.6 Å². The number of nitrogens with zero attached hydrogens (tertiary/aromatic N) is 4. The number of rotatable bonds is 6. The molecule has 1 amide bonds. The molecule has 2 aromatic carbocycles. The number of aryl methyl sites for hydroxylation is 2. The number of hydrogen-bond donors (Lipinski definition) is 0. The summed E-state index contributed by atoms with van der Waals surface area (Å²) in [5.41, 5.74) is 3.16. The van der Waals surface area contributed by atoms with E-state index in [9.17, 15) is 13.2 Å². The summed E-state index contributed by atoms with van der Waals surface area (Å²) in [7, 11) is -1.80. The van der Waals surface area contributed by atoms with Gasteiger partial charge in [-0.25, -0.2) is 8.42 Å². The van der Waals surface area contributed by atoms with Gasteiger partial charge in [0.1, 0.15) is 11.6 Å². The lowest BCUT2D eigenvalue weighted by molar-refractivity contribution is -0.116. The third-order valence-electron chi connectivity index (χ3n) is 5.36. The molecule has 0 aliphatic carbocycles. The quantitative estimate of drug-likeness (QED) is 0.530. The van der Waals surface area contributed by atoms with Gasteiger partial charge in [-0.05, 0) is 43.5 Å². The summed E-state index contributed by atoms with van der Waals surface area (Å²) in [5.74, 6) is 0.325. The topological polar surface area (TPSA) is 85.2 Å². The van der Waals surface area contributed by atoms with E-state index in [-0.39, 0.29) is 22.3 Å². The Balaban J connectivity index is 1.43. The molecule has 0 atom stereocenters. The molecule has 4 rings (SSSR count). The number of carbonyl (C=O) groups excluding carboxylic acids is 1. The van der Waals surface area contributed by atoms with E-state index < -0.39 is 9.84 Å². The van der Waals surface area contributed by atoms with Gasteiger partial charge in [-0.2, -0.15) is 0 Å². The molecule has 1 aliphatic heterocycles. The molecule has 1 aromatic heterocycles. The van der Waals surface area contributed by atoms with Crippen molar-refractivity contribution in [2.24, 2.45) is 7.05 Å². The van der Waals surface area contributed by atoms with Crippen molar-refractivity contribution in [3.05, 3.63) is 65.5 Å². The summed E-state index contributed by atoms with van der Waals surface area (Å²) in [5, 5.41) is 8.69. The number of fused-ring (bicyclic) bond motifs is 1. The van der Waals surface area contributed by atoms with Crippen LogP contribution in [0.5, 0.6) is 0 Å². The molecule has 3 aromatic rings. The lowest BCUT2D eigenvalue weighted by Gasteiger charge is -2.29. The van der Waals surface area contributed by atoms with E-state index in [4.69, 9.17) is 0 Å². The number of carbonyl (C=O) groups is 1. The summed E-state index contributed by atoms with van der Waals surface area (Å²) in [4.78, 5) is 14.9. The van der Waals surface area contributed by atoms with Gasteiger partial charge >= 0.3 is 0 Å². The maximum Gasteiger partial charge on any atom is 0.237 e. The molecule has 0 bridgehead atoms. The van der Waals surface area contributed by atoms with Crippen molar-refractivity contribution >= 4 is 33.2 Å². The van der Waals surface area contributed by atoms with E-state index in [2.05, 4.69) is 16.3 Å². The number of aromatic nitrogens is 3. The molecule has 0 radical (unpaired) electrons. The van der Waals surface area contributed by atoms with E-state index in [0.29, 0.717) is 17.5 Å². The van der Waals surface area contributed by atoms with Crippen LogP contribution in [0.15, 0.2) is 58.6 Å². The van der Waals surface area contributed by atoms with Crippen molar-refractivity contribution in [3.8, 4) is 0 Å². The van der Waals surface area contributed by atoms with Crippen molar-refractivity contribution in [1.82, 2.24) is 14.8 Å². The highest BCUT2D eigenvalue weighted by Crippen LogP contribution is 2.28. The van der Waals surface area contributed by atoms with Gasteiger partial charge < -0.3 is 9.47 Å². The van der Waals surface area contributed by atoms with E-state index in [0.717, 1.165) is 24.1 Å². The van der Waals surface area contributed by atoms with E-state index >= 15 is 0 Å². The Morgan fingerprint density at radius 1 is 1.10 bits per heavy atom. The Bertz CT molecular complexity index is 1200. The van der Waals surface area contributed by atoms with Gasteiger partial charge in [0.15, 0.2) is 15.0 Å². The van der Waals surface area contributed by atoms with Crippen molar-refractivity contribution in [3.63, 3.8) is 0 Å². The highest BCUT2D eigenvalue weighted by atomic mass is 32.2. The monoisotopic (exact) mass is 456 g/mol. The number of sulfone groups is 1. The Morgan fingerprint density at radius 3 is 2.61 bits per heavy atom. The fraction of sp³-hybridized carbons (Fsp3) is 0.318. The van der Waals surface area contributed by atoms with Crippen molar-refractivity contribution < 1.29 is 13.2 Å². The zero-order chi connectivity index (χ0) is 22.0. The van der Waals surface area contributed by atoms with Crippen LogP contribution in [0.4, 0.5) is 5.69 Å². The van der Waals surface area contributed by atoms with Crippen molar-refractivity contribution in [1.29, 1.82) is 0 Å². The molecule has 31 heavy (non-hydrogen) atoms. The second-order valence-corrected chi connectivity index (χ2v) is 10.5. The molecule has 0 unspecified atom stereocenters. The predicted octanol–water partition coefficient (Wildman–Crippen LogP) is 3.17. The second kappa shape index (κ2) is 8.84. The largest absolute Gasteiger partial charge is 0.311 e. The molecule has 0 N–H and O–H groups in total. The highest BCUT2D eigenvalue weighted by molar-refractivity contribution is 7.99. The van der Waals surface area contributed by atoms with Gasteiger partial charge in [0.25, 0.3) is 0 Å². The summed E-state index contributed by atoms with van der Waals surface area (Å²) >= 11 is 1.27. The minimum Gasteiger partial charge on any atom is -0.311 e. The Kier molecular flexibility index (Phi) is 6.15. The standard InChI is InChI=1S/C22H24N4O3S2/c1-16-9-11-18(12-10-16)31(28,29)15-20-23-24-22(25(20)2)30-14-21(27)26-13-5-7-17-6-3-4-8-19(17)26/h3-4,6,8-12H,5,7,13-15H2,1-2H3. The summed E-state index contributed by atoms with van der Waals surface area (Å²) in [6.45, 7) is 2.61. The molecule has 1 aliphatic rings. The van der Waals surface area contributed by atoms with Crippen molar-refractivity contribution in [2.45, 2.75) is 35.6 Å². The lowest BCUT2D eigenvalue weighted by Crippen LogP contribution is -2.36. The maximum absolute atomic E-state index is 12.8. The SMILES string of the molecule is Cc1ccc(S(=O)(=O)Cc2nnc(SCC(=O)N3CCCc4ccccc43)n2C)cc1. The van der Waals surface area contributed by atoms with Crippen molar-refractivity contribution in [2.75, 3.05) is 17.2 Å². The fourth-order valence-electron chi connectivity index (χ4n) is 3.59. The Hall–Kier alpha value is -2.65. The van der Waals surface area contributed by atoms with Crippen LogP contribution in [-0.2, 0) is 33.9 Å². The summed E-state index contributed by atoms with van der Waals surface area (Å²) in [6, 6.07) is 14.7. The molecular formula is C22H24N4O3S2. The number of thioether (sulfide) groups is 1. The van der Waals surface area contributed by atoms with Crippen LogP contribution in [0.25, 0.3) is 0 Å². The fourth-order valence-corrected chi connectivity index (χ4v) is 5.71. The Labute approximate surface area is 186 Å². The van der Waals surface area contributed by atoms with E-state index in [1.807, 2.05) is 30.0 Å². The van der Waals surface area contributed by atoms with Gasteiger partial charge in [-0.15, -0.1) is 10.2 Å². The third-order valence-corrected chi connectivity index (χ3v) is 7.99. The summed E-state index contributed by atoms with van der Waals surface area (Å²) < 4.78 is 27.1. The van der Waals surface area contributed by atoms with Crippen LogP contribution in [0.1, 0.15) is 23.4 Å². The number of anilines is 1. The molecule has 162 valence electrons. The summed E-state index contributed by atoms with van der Waals surface area (Å²) in [6.07, 6.45) is 1.92. The van der Waals surface area contributed by atoms with Crippen LogP contribution in [-0.4, -0.2) is 41.4 Å². The zero-order valence-electron chi connectivity index (χ0n) is 17.5. The van der Waals surface area contributed by atoms with E-state index in [1.165, 1.54) is 17.3 Å². The van der Waals surface area contributed by atoms with Crippen LogP contribution in [0, 0.1) is 6.92 Å². The predicted molar refractivity (Wildman–Crippen MR) is 121 cm³/mol. The van der Waals surface area contributed by atoms with Crippen LogP contribution < -0.4 is 4.90 Å².